The largest absolute Gasteiger partial charge is 0.493 e. The molecule has 0 spiro atoms. The molecule has 0 aliphatic carbocycles. The van der Waals surface area contributed by atoms with Gasteiger partial charge in [-0.1, -0.05) is 12.2 Å². The van der Waals surface area contributed by atoms with Crippen LogP contribution in [0.5, 0.6) is 11.5 Å². The van der Waals surface area contributed by atoms with Crippen molar-refractivity contribution in [1.82, 2.24) is 25.5 Å². The molecular formula is C15H21N5O2S. The molecule has 0 unspecified atom stereocenters. The summed E-state index contributed by atoms with van der Waals surface area (Å²) in [5.74, 6) is 2.10. The van der Waals surface area contributed by atoms with E-state index in [4.69, 9.17) is 21.7 Å². The Balaban J connectivity index is 2.10. The molecule has 0 radical (unpaired) electrons. The molecule has 8 heteroatoms. The quantitative estimate of drug-likeness (QED) is 0.739. The zero-order valence-corrected chi connectivity index (χ0v) is 14.4. The maximum absolute atomic E-state index is 5.32. The number of aromatic nitrogens is 4. The molecule has 0 amide bonds. The third kappa shape index (κ3) is 4.38. The van der Waals surface area contributed by atoms with Crippen LogP contribution in [0.3, 0.4) is 0 Å². The minimum absolute atomic E-state index is 0.639. The van der Waals surface area contributed by atoms with Gasteiger partial charge in [0.05, 0.1) is 24.9 Å². The highest BCUT2D eigenvalue weighted by Gasteiger charge is 2.11. The molecule has 124 valence electrons. The van der Waals surface area contributed by atoms with Gasteiger partial charge in [0, 0.05) is 19.0 Å². The second-order valence-electron chi connectivity index (χ2n) is 4.85. The van der Waals surface area contributed by atoms with Gasteiger partial charge in [0.1, 0.15) is 0 Å². The van der Waals surface area contributed by atoms with Crippen LogP contribution in [0.15, 0.2) is 18.2 Å². The molecule has 0 saturated heterocycles. The van der Waals surface area contributed by atoms with E-state index in [0.29, 0.717) is 11.5 Å². The number of aryl methyl sites for hydroxylation is 1. The Bertz CT molecular complexity index is 659. The first kappa shape index (κ1) is 17.1. The third-order valence-electron chi connectivity index (χ3n) is 3.32. The predicted octanol–water partition coefficient (Wildman–Crippen LogP) is 1.94. The fraction of sp³-hybridized carbons (Fsp3) is 0.467. The molecule has 0 aliphatic rings. The van der Waals surface area contributed by atoms with E-state index in [1.165, 1.54) is 0 Å². The van der Waals surface area contributed by atoms with Crippen molar-refractivity contribution in [3.8, 4) is 17.2 Å². The van der Waals surface area contributed by atoms with Gasteiger partial charge in [-0.05, 0) is 42.3 Å². The van der Waals surface area contributed by atoms with Gasteiger partial charge in [0.15, 0.2) is 17.3 Å². The van der Waals surface area contributed by atoms with Gasteiger partial charge >= 0.3 is 0 Å². The molecule has 7 nitrogen and oxygen atoms in total. The average Bonchev–Trinajstić information content (AvgIpc) is 3.03. The van der Waals surface area contributed by atoms with E-state index in [2.05, 4.69) is 20.8 Å². The molecular weight excluding hydrogens is 314 g/mol. The van der Waals surface area contributed by atoms with E-state index in [1.807, 2.05) is 25.1 Å². The standard InChI is InChI=1S/C15H21N5O2S/c1-4-16-15(23)7-5-6-14-17-18-19-20(14)11-8-9-12(21-2)13(10-11)22-3/h8-10H,4-7H2,1-3H3,(H,16,23). The number of hydrogen-bond acceptors (Lipinski definition) is 6. The van der Waals surface area contributed by atoms with E-state index in [1.54, 1.807) is 18.9 Å². The molecule has 0 fully saturated rings. The number of thiocarbonyl (C=S) groups is 1. The van der Waals surface area contributed by atoms with Crippen LogP contribution in [-0.4, -0.2) is 46.0 Å². The Labute approximate surface area is 141 Å². The van der Waals surface area contributed by atoms with Crippen LogP contribution in [0.2, 0.25) is 0 Å². The zero-order valence-electron chi connectivity index (χ0n) is 13.6. The first-order chi connectivity index (χ1) is 11.2. The summed E-state index contributed by atoms with van der Waals surface area (Å²) in [6.45, 7) is 2.88. The lowest BCUT2D eigenvalue weighted by Gasteiger charge is -2.10. The summed E-state index contributed by atoms with van der Waals surface area (Å²) in [4.78, 5) is 0.873. The summed E-state index contributed by atoms with van der Waals surface area (Å²) in [5, 5.41) is 15.1. The maximum atomic E-state index is 5.32. The van der Waals surface area contributed by atoms with Crippen molar-refractivity contribution >= 4 is 17.2 Å². The Morgan fingerprint density at radius 2 is 2.04 bits per heavy atom. The Hall–Kier alpha value is -2.22. The predicted molar refractivity (Wildman–Crippen MR) is 91.5 cm³/mol. The Morgan fingerprint density at radius 3 is 2.74 bits per heavy atom. The SMILES string of the molecule is CCNC(=S)CCCc1nnnn1-c1ccc(OC)c(OC)c1. The first-order valence-electron chi connectivity index (χ1n) is 7.46. The van der Waals surface area contributed by atoms with Crippen LogP contribution in [-0.2, 0) is 6.42 Å². The number of tetrazole rings is 1. The van der Waals surface area contributed by atoms with Crippen molar-refractivity contribution in [2.75, 3.05) is 20.8 Å². The molecule has 0 atom stereocenters. The van der Waals surface area contributed by atoms with Crippen LogP contribution in [0, 0.1) is 0 Å². The van der Waals surface area contributed by atoms with Gasteiger partial charge in [-0.15, -0.1) is 5.10 Å². The van der Waals surface area contributed by atoms with Gasteiger partial charge in [-0.3, -0.25) is 0 Å². The smallest absolute Gasteiger partial charge is 0.162 e. The molecule has 1 heterocycles. The van der Waals surface area contributed by atoms with Crippen LogP contribution < -0.4 is 14.8 Å². The summed E-state index contributed by atoms with van der Waals surface area (Å²) in [7, 11) is 3.21. The Morgan fingerprint density at radius 1 is 1.26 bits per heavy atom. The number of rotatable bonds is 8. The lowest BCUT2D eigenvalue weighted by atomic mass is 10.2. The van der Waals surface area contributed by atoms with Gasteiger partial charge in [0.2, 0.25) is 0 Å². The molecule has 2 rings (SSSR count). The molecule has 1 N–H and O–H groups in total. The molecule has 0 saturated carbocycles. The lowest BCUT2D eigenvalue weighted by molar-refractivity contribution is 0.354. The maximum Gasteiger partial charge on any atom is 0.162 e. The number of ether oxygens (including phenoxy) is 2. The Kier molecular flexibility index (Phi) is 6.28. The van der Waals surface area contributed by atoms with Gasteiger partial charge in [-0.2, -0.15) is 4.68 Å². The molecule has 23 heavy (non-hydrogen) atoms. The lowest BCUT2D eigenvalue weighted by Crippen LogP contribution is -2.20. The highest BCUT2D eigenvalue weighted by atomic mass is 32.1. The van der Waals surface area contributed by atoms with Gasteiger partial charge in [0.25, 0.3) is 0 Å². The van der Waals surface area contributed by atoms with Crippen LogP contribution in [0.1, 0.15) is 25.6 Å². The monoisotopic (exact) mass is 335 g/mol. The number of nitrogens with zero attached hydrogens (tertiary/aromatic N) is 4. The topological polar surface area (TPSA) is 74.1 Å². The fourth-order valence-corrected chi connectivity index (χ4v) is 2.50. The molecule has 1 aromatic carbocycles. The van der Waals surface area contributed by atoms with Gasteiger partial charge in [-0.25, -0.2) is 0 Å². The number of hydrogen-bond donors (Lipinski definition) is 1. The van der Waals surface area contributed by atoms with Crippen molar-refractivity contribution in [2.24, 2.45) is 0 Å². The van der Waals surface area contributed by atoms with E-state index in [9.17, 15) is 0 Å². The summed E-state index contributed by atoms with van der Waals surface area (Å²) in [6, 6.07) is 5.58. The summed E-state index contributed by atoms with van der Waals surface area (Å²) in [6.07, 6.45) is 2.45. The molecule has 1 aromatic heterocycles. The minimum atomic E-state index is 0.639. The molecule has 0 aliphatic heterocycles. The van der Waals surface area contributed by atoms with Crippen molar-refractivity contribution in [2.45, 2.75) is 26.2 Å². The van der Waals surface area contributed by atoms with Gasteiger partial charge < -0.3 is 14.8 Å². The summed E-state index contributed by atoms with van der Waals surface area (Å²) in [5.41, 5.74) is 0.830. The van der Waals surface area contributed by atoms with Crippen LogP contribution in [0.4, 0.5) is 0 Å². The van der Waals surface area contributed by atoms with Crippen molar-refractivity contribution in [3.63, 3.8) is 0 Å². The second kappa shape index (κ2) is 8.42. The van der Waals surface area contributed by atoms with E-state index in [-0.39, 0.29) is 0 Å². The third-order valence-corrected chi connectivity index (χ3v) is 3.67. The fourth-order valence-electron chi connectivity index (χ4n) is 2.21. The van der Waals surface area contributed by atoms with Crippen molar-refractivity contribution in [3.05, 3.63) is 24.0 Å². The number of nitrogens with one attached hydrogen (secondary N) is 1. The molecule has 0 bridgehead atoms. The minimum Gasteiger partial charge on any atom is -0.493 e. The summed E-state index contributed by atoms with van der Waals surface area (Å²) < 4.78 is 12.3. The average molecular weight is 335 g/mol. The summed E-state index contributed by atoms with van der Waals surface area (Å²) >= 11 is 5.23. The second-order valence-corrected chi connectivity index (χ2v) is 5.35. The van der Waals surface area contributed by atoms with Crippen molar-refractivity contribution in [1.29, 1.82) is 0 Å². The number of methoxy groups -OCH3 is 2. The van der Waals surface area contributed by atoms with E-state index in [0.717, 1.165) is 42.3 Å². The van der Waals surface area contributed by atoms with Crippen LogP contribution >= 0.6 is 12.2 Å². The van der Waals surface area contributed by atoms with E-state index < -0.39 is 0 Å². The normalized spacial score (nSPS) is 10.4. The highest BCUT2D eigenvalue weighted by molar-refractivity contribution is 7.80. The highest BCUT2D eigenvalue weighted by Crippen LogP contribution is 2.29. The van der Waals surface area contributed by atoms with Crippen molar-refractivity contribution < 1.29 is 9.47 Å². The zero-order chi connectivity index (χ0) is 16.7. The molecule has 2 aromatic rings. The number of benzene rings is 1. The van der Waals surface area contributed by atoms with Crippen LogP contribution in [0.25, 0.3) is 5.69 Å². The van der Waals surface area contributed by atoms with E-state index >= 15 is 0 Å². The first-order valence-corrected chi connectivity index (χ1v) is 7.86.